The normalized spacial score (nSPS) is 13.5. The molecule has 4 aromatic heterocycles. The molecule has 0 bridgehead atoms. The molecule has 0 atom stereocenters. The molecule has 0 unspecified atom stereocenters. The molecule has 4 heterocycles. The number of nitrogens with one attached hydrogen (secondary N) is 2. The Kier molecular flexibility index (Phi) is 5.08. The van der Waals surface area contributed by atoms with Gasteiger partial charge in [-0.3, -0.25) is 19.1 Å². The predicted octanol–water partition coefficient (Wildman–Crippen LogP) is 1.85. The zero-order valence-corrected chi connectivity index (χ0v) is 18.1. The zero-order chi connectivity index (χ0) is 23.1. The van der Waals surface area contributed by atoms with Crippen molar-refractivity contribution >= 4 is 22.6 Å². The molecule has 11 nitrogen and oxygen atoms in total. The van der Waals surface area contributed by atoms with E-state index in [4.69, 9.17) is 0 Å². The van der Waals surface area contributed by atoms with E-state index >= 15 is 0 Å². The number of hydrogen-bond donors (Lipinski definition) is 2. The molecule has 2 N–H and O–H groups in total. The van der Waals surface area contributed by atoms with E-state index < -0.39 is 17.2 Å². The second kappa shape index (κ2) is 8.08. The molecule has 1 aliphatic rings. The summed E-state index contributed by atoms with van der Waals surface area (Å²) >= 11 is 0. The Morgan fingerprint density at radius 3 is 2.82 bits per heavy atom. The number of rotatable bonds is 6. The largest absolute Gasteiger partial charge is 0.330 e. The number of hydrogen-bond acceptors (Lipinski definition) is 7. The molecule has 1 aliphatic carbocycles. The predicted molar refractivity (Wildman–Crippen MR) is 121 cm³/mol. The van der Waals surface area contributed by atoms with Gasteiger partial charge in [0.2, 0.25) is 0 Å². The van der Waals surface area contributed by atoms with E-state index in [0.29, 0.717) is 23.7 Å². The topological polar surface area (TPSA) is 140 Å². The molecule has 0 saturated heterocycles. The SMILES string of the molecule is CC(C)Cn1c(=O)[nH]c(=O)c2c(C(=O)Nc3cccnc3-n3cncn3)cc(C3CC3)nc21. The van der Waals surface area contributed by atoms with Crippen molar-refractivity contribution in [3.63, 3.8) is 0 Å². The molecule has 11 heteroatoms. The van der Waals surface area contributed by atoms with Gasteiger partial charge >= 0.3 is 5.69 Å². The number of carbonyl (C=O) groups excluding carboxylic acids is 1. The van der Waals surface area contributed by atoms with Crippen LogP contribution in [-0.4, -0.2) is 40.2 Å². The Hall–Kier alpha value is -4.15. The monoisotopic (exact) mass is 446 g/mol. The van der Waals surface area contributed by atoms with Gasteiger partial charge in [-0.25, -0.2) is 24.4 Å². The molecule has 33 heavy (non-hydrogen) atoms. The molecule has 1 amide bonds. The Balaban J connectivity index is 1.66. The maximum Gasteiger partial charge on any atom is 0.330 e. The highest BCUT2D eigenvalue weighted by atomic mass is 16.2. The molecule has 4 aromatic rings. The average Bonchev–Trinajstić information content (AvgIpc) is 3.50. The summed E-state index contributed by atoms with van der Waals surface area (Å²) in [5.41, 5.74) is 0.325. The molecule has 5 rings (SSSR count). The number of nitrogens with zero attached hydrogens (tertiary/aromatic N) is 6. The summed E-state index contributed by atoms with van der Waals surface area (Å²) in [6.07, 6.45) is 6.33. The van der Waals surface area contributed by atoms with E-state index in [9.17, 15) is 14.4 Å². The third-order valence-electron chi connectivity index (χ3n) is 5.43. The van der Waals surface area contributed by atoms with E-state index in [2.05, 4.69) is 30.4 Å². The minimum atomic E-state index is -0.641. The van der Waals surface area contributed by atoms with Crippen LogP contribution in [0.1, 0.15) is 48.7 Å². The Bertz CT molecular complexity index is 1470. The number of aromatic nitrogens is 7. The van der Waals surface area contributed by atoms with E-state index in [1.165, 1.54) is 21.9 Å². The number of anilines is 1. The zero-order valence-electron chi connectivity index (χ0n) is 18.1. The van der Waals surface area contributed by atoms with Crippen LogP contribution < -0.4 is 16.6 Å². The lowest BCUT2D eigenvalue weighted by molar-refractivity contribution is 0.102. The lowest BCUT2D eigenvalue weighted by atomic mass is 10.1. The first-order valence-electron chi connectivity index (χ1n) is 10.7. The van der Waals surface area contributed by atoms with Crippen molar-refractivity contribution in [2.45, 2.75) is 39.2 Å². The molecule has 0 aliphatic heterocycles. The van der Waals surface area contributed by atoms with Crippen LogP contribution in [0.25, 0.3) is 16.9 Å². The first-order chi connectivity index (χ1) is 15.9. The van der Waals surface area contributed by atoms with Crippen molar-refractivity contribution in [1.82, 2.24) is 34.3 Å². The van der Waals surface area contributed by atoms with Crippen molar-refractivity contribution < 1.29 is 4.79 Å². The van der Waals surface area contributed by atoms with Crippen LogP contribution in [-0.2, 0) is 6.54 Å². The Morgan fingerprint density at radius 2 is 2.12 bits per heavy atom. The van der Waals surface area contributed by atoms with E-state index in [-0.39, 0.29) is 28.4 Å². The molecular weight excluding hydrogens is 424 g/mol. The molecule has 0 radical (unpaired) electrons. The Labute approximate surface area is 187 Å². The van der Waals surface area contributed by atoms with E-state index in [1.54, 1.807) is 24.4 Å². The van der Waals surface area contributed by atoms with Crippen molar-refractivity contribution in [2.75, 3.05) is 5.32 Å². The van der Waals surface area contributed by atoms with E-state index in [0.717, 1.165) is 12.8 Å². The highest BCUT2D eigenvalue weighted by Crippen LogP contribution is 2.40. The van der Waals surface area contributed by atoms with Gasteiger partial charge < -0.3 is 5.32 Å². The van der Waals surface area contributed by atoms with E-state index in [1.807, 2.05) is 13.8 Å². The van der Waals surface area contributed by atoms with Gasteiger partial charge in [-0.05, 0) is 37.0 Å². The van der Waals surface area contributed by atoms with Crippen molar-refractivity contribution in [3.05, 3.63) is 69.1 Å². The summed E-state index contributed by atoms with van der Waals surface area (Å²) in [5, 5.41) is 7.00. The van der Waals surface area contributed by atoms with Gasteiger partial charge in [0, 0.05) is 24.4 Å². The van der Waals surface area contributed by atoms with Crippen LogP contribution in [0.15, 0.2) is 46.6 Å². The first kappa shape index (κ1) is 20.7. The summed E-state index contributed by atoms with van der Waals surface area (Å²) < 4.78 is 2.87. The highest BCUT2D eigenvalue weighted by molar-refractivity contribution is 6.12. The standard InChI is InChI=1S/C22H22N8O3/c1-12(2)9-29-19-17(21(32)28-22(29)33)14(8-16(26-19)13-5-6-13)20(31)27-15-4-3-7-24-18(15)30-11-23-10-25-30/h3-4,7-8,10-13H,5-6,9H2,1-2H3,(H,27,31)(H,28,32,33). The van der Waals surface area contributed by atoms with Crippen LogP contribution in [0.4, 0.5) is 5.69 Å². The summed E-state index contributed by atoms with van der Waals surface area (Å²) in [6.45, 7) is 4.30. The van der Waals surface area contributed by atoms with Crippen LogP contribution in [0.5, 0.6) is 0 Å². The van der Waals surface area contributed by atoms with Crippen LogP contribution >= 0.6 is 0 Å². The van der Waals surface area contributed by atoms with Gasteiger partial charge in [0.05, 0.1) is 16.6 Å². The maximum absolute atomic E-state index is 13.5. The molecule has 1 fully saturated rings. The molecule has 0 spiro atoms. The molecule has 1 saturated carbocycles. The lowest BCUT2D eigenvalue weighted by Gasteiger charge is -2.15. The summed E-state index contributed by atoms with van der Waals surface area (Å²) in [5.74, 6) is 0.238. The van der Waals surface area contributed by atoms with Crippen molar-refractivity contribution in [1.29, 1.82) is 0 Å². The minimum absolute atomic E-state index is 0.0864. The first-order valence-corrected chi connectivity index (χ1v) is 10.7. The second-order valence-corrected chi connectivity index (χ2v) is 8.50. The number of H-pyrrole nitrogens is 1. The second-order valence-electron chi connectivity index (χ2n) is 8.50. The molecule has 168 valence electrons. The maximum atomic E-state index is 13.5. The van der Waals surface area contributed by atoms with Gasteiger partial charge in [-0.1, -0.05) is 13.8 Å². The number of fused-ring (bicyclic) bond motifs is 1. The van der Waals surface area contributed by atoms with Crippen LogP contribution in [0, 0.1) is 5.92 Å². The highest BCUT2D eigenvalue weighted by Gasteiger charge is 2.29. The molecule has 0 aromatic carbocycles. The molecular formula is C22H22N8O3. The van der Waals surface area contributed by atoms with Gasteiger partial charge in [0.1, 0.15) is 12.7 Å². The fraction of sp³-hybridized carbons (Fsp3) is 0.318. The number of pyridine rings is 2. The van der Waals surface area contributed by atoms with Crippen LogP contribution in [0.3, 0.4) is 0 Å². The van der Waals surface area contributed by atoms with Gasteiger partial charge in [0.25, 0.3) is 11.5 Å². The number of amides is 1. The average molecular weight is 446 g/mol. The van der Waals surface area contributed by atoms with Crippen molar-refractivity contribution in [2.24, 2.45) is 5.92 Å². The summed E-state index contributed by atoms with van der Waals surface area (Å²) in [7, 11) is 0. The number of carbonyl (C=O) groups is 1. The van der Waals surface area contributed by atoms with Gasteiger partial charge in [-0.15, -0.1) is 0 Å². The van der Waals surface area contributed by atoms with Gasteiger partial charge in [0.15, 0.2) is 11.5 Å². The fourth-order valence-electron chi connectivity index (χ4n) is 3.78. The Morgan fingerprint density at radius 1 is 1.30 bits per heavy atom. The third-order valence-corrected chi connectivity index (χ3v) is 5.43. The fourth-order valence-corrected chi connectivity index (χ4v) is 3.78. The number of aromatic amines is 1. The van der Waals surface area contributed by atoms with Crippen LogP contribution in [0.2, 0.25) is 0 Å². The smallest absolute Gasteiger partial charge is 0.319 e. The van der Waals surface area contributed by atoms with Crippen molar-refractivity contribution in [3.8, 4) is 5.82 Å². The quantitative estimate of drug-likeness (QED) is 0.460. The lowest BCUT2D eigenvalue weighted by Crippen LogP contribution is -2.33. The van der Waals surface area contributed by atoms with Gasteiger partial charge in [-0.2, -0.15) is 5.10 Å². The summed E-state index contributed by atoms with van der Waals surface area (Å²) in [6, 6.07) is 5.02. The minimum Gasteiger partial charge on any atom is -0.319 e. The third kappa shape index (κ3) is 3.93. The summed E-state index contributed by atoms with van der Waals surface area (Å²) in [4.78, 5) is 54.1.